The van der Waals surface area contributed by atoms with Crippen molar-refractivity contribution >= 4 is 33.2 Å². The lowest BCUT2D eigenvalue weighted by atomic mass is 10.1. The molecule has 4 aromatic rings. The summed E-state index contributed by atoms with van der Waals surface area (Å²) in [5.74, 6) is -1.40. The number of imidazole rings is 1. The zero-order valence-corrected chi connectivity index (χ0v) is 19.4. The van der Waals surface area contributed by atoms with E-state index in [1.807, 2.05) is 0 Å². The van der Waals surface area contributed by atoms with E-state index in [0.717, 1.165) is 0 Å². The van der Waals surface area contributed by atoms with Crippen LogP contribution in [0.2, 0.25) is 0 Å². The van der Waals surface area contributed by atoms with Crippen LogP contribution in [0.15, 0.2) is 22.7 Å². The number of carbonyl (C=O) groups excluding carboxylic acids is 1. The number of ether oxygens (including phenoxy) is 4. The van der Waals surface area contributed by atoms with Gasteiger partial charge in [-0.05, 0) is 17.4 Å². The van der Waals surface area contributed by atoms with Gasteiger partial charge in [-0.3, -0.25) is 4.79 Å². The van der Waals surface area contributed by atoms with Crippen molar-refractivity contribution in [3.8, 4) is 33.9 Å². The zero-order valence-electron chi connectivity index (χ0n) is 18.6. The topological polar surface area (TPSA) is 101 Å². The Labute approximate surface area is 200 Å². The van der Waals surface area contributed by atoms with Crippen LogP contribution in [-0.2, 0) is 4.79 Å². The summed E-state index contributed by atoms with van der Waals surface area (Å²) in [7, 11) is 1.54. The molecule has 0 radical (unpaired) electrons. The summed E-state index contributed by atoms with van der Waals surface area (Å²) < 4.78 is 57.0. The first-order valence-corrected chi connectivity index (χ1v) is 11.8. The molecule has 2 aliphatic rings. The molecule has 13 heteroatoms. The highest BCUT2D eigenvalue weighted by Gasteiger charge is 2.35. The predicted molar refractivity (Wildman–Crippen MR) is 120 cm³/mol. The standard InChI is InChI=1S/C22H20F2N4O6S/c1-30-21-26-28-10-13(25-20(28)35-21)15-8-12-14(9-16-19(18(12)34-15)32-7-6-31-16)33-11-17(29)27-4-2-22(23,24)3-5-27/h8-10H,2-7,11H2,1H3. The second-order valence-corrected chi connectivity index (χ2v) is 9.12. The monoisotopic (exact) mass is 506 g/mol. The predicted octanol–water partition coefficient (Wildman–Crippen LogP) is 3.62. The number of benzene rings is 1. The van der Waals surface area contributed by atoms with Crippen LogP contribution in [0.4, 0.5) is 8.78 Å². The van der Waals surface area contributed by atoms with Gasteiger partial charge < -0.3 is 28.3 Å². The Hall–Kier alpha value is -3.61. The van der Waals surface area contributed by atoms with E-state index < -0.39 is 5.92 Å². The molecule has 0 aliphatic carbocycles. The van der Waals surface area contributed by atoms with Gasteiger partial charge in [0.05, 0.1) is 18.7 Å². The number of halogens is 2. The Morgan fingerprint density at radius 1 is 1.23 bits per heavy atom. The molecule has 0 saturated carbocycles. The Morgan fingerprint density at radius 2 is 2.03 bits per heavy atom. The molecule has 35 heavy (non-hydrogen) atoms. The lowest BCUT2D eigenvalue weighted by molar-refractivity contribution is -0.139. The van der Waals surface area contributed by atoms with Gasteiger partial charge in [0.25, 0.3) is 17.0 Å². The van der Waals surface area contributed by atoms with Crippen LogP contribution < -0.4 is 18.9 Å². The van der Waals surface area contributed by atoms with E-state index in [1.165, 1.54) is 23.3 Å². The van der Waals surface area contributed by atoms with E-state index in [9.17, 15) is 13.6 Å². The summed E-state index contributed by atoms with van der Waals surface area (Å²) >= 11 is 1.29. The first kappa shape index (κ1) is 21.9. The van der Waals surface area contributed by atoms with E-state index in [0.29, 0.717) is 63.0 Å². The molecule has 0 spiro atoms. The third-order valence-electron chi connectivity index (χ3n) is 5.93. The number of likely N-dealkylation sites (tertiary alicyclic amines) is 1. The van der Waals surface area contributed by atoms with Gasteiger partial charge in [0.1, 0.15) is 24.7 Å². The fraction of sp³-hybridized carbons (Fsp3) is 0.409. The molecule has 2 aliphatic heterocycles. The molecule has 0 atom stereocenters. The maximum absolute atomic E-state index is 13.4. The number of hydrogen-bond acceptors (Lipinski definition) is 9. The van der Waals surface area contributed by atoms with Gasteiger partial charge in [-0.25, -0.2) is 18.3 Å². The summed E-state index contributed by atoms with van der Waals surface area (Å²) in [6, 6.07) is 3.39. The molecule has 1 fully saturated rings. The number of piperidine rings is 1. The number of carbonyl (C=O) groups is 1. The number of aromatic nitrogens is 3. The maximum atomic E-state index is 13.4. The van der Waals surface area contributed by atoms with Gasteiger partial charge in [-0.2, -0.15) is 0 Å². The number of furan rings is 1. The molecule has 184 valence electrons. The number of hydrogen-bond donors (Lipinski definition) is 0. The van der Waals surface area contributed by atoms with Crippen molar-refractivity contribution in [2.24, 2.45) is 0 Å². The van der Waals surface area contributed by atoms with Gasteiger partial charge in [0.2, 0.25) is 10.7 Å². The molecular weight excluding hydrogens is 486 g/mol. The van der Waals surface area contributed by atoms with Gasteiger partial charge >= 0.3 is 0 Å². The fourth-order valence-electron chi connectivity index (χ4n) is 4.10. The summed E-state index contributed by atoms with van der Waals surface area (Å²) in [6.45, 7) is 0.415. The summed E-state index contributed by atoms with van der Waals surface area (Å²) in [5, 5.41) is 5.33. The molecule has 5 heterocycles. The highest BCUT2D eigenvalue weighted by molar-refractivity contribution is 7.18. The second-order valence-electron chi connectivity index (χ2n) is 8.20. The average Bonchev–Trinajstić information content (AvgIpc) is 3.55. The smallest absolute Gasteiger partial charge is 0.294 e. The van der Waals surface area contributed by atoms with E-state index in [-0.39, 0.29) is 38.4 Å². The third-order valence-corrected chi connectivity index (χ3v) is 6.81. The number of fused-ring (bicyclic) bond motifs is 4. The van der Waals surface area contributed by atoms with Crippen LogP contribution in [0.1, 0.15) is 12.8 Å². The molecule has 0 bridgehead atoms. The third kappa shape index (κ3) is 3.99. The van der Waals surface area contributed by atoms with Gasteiger partial charge in [0.15, 0.2) is 23.7 Å². The fourth-order valence-corrected chi connectivity index (χ4v) is 4.80. The van der Waals surface area contributed by atoms with Crippen LogP contribution in [-0.4, -0.2) is 71.3 Å². The van der Waals surface area contributed by atoms with Crippen molar-refractivity contribution in [2.75, 3.05) is 40.0 Å². The summed E-state index contributed by atoms with van der Waals surface area (Å²) in [5.41, 5.74) is 0.948. The van der Waals surface area contributed by atoms with E-state index in [2.05, 4.69) is 10.1 Å². The molecule has 1 saturated heterocycles. The number of rotatable bonds is 5. The Morgan fingerprint density at radius 3 is 2.80 bits per heavy atom. The summed E-state index contributed by atoms with van der Waals surface area (Å²) in [6.07, 6.45) is 1.02. The van der Waals surface area contributed by atoms with Crippen molar-refractivity contribution in [1.82, 2.24) is 19.5 Å². The minimum atomic E-state index is -2.73. The molecule has 10 nitrogen and oxygen atoms in total. The Kier molecular flexibility index (Phi) is 5.16. The van der Waals surface area contributed by atoms with Crippen LogP contribution >= 0.6 is 11.3 Å². The van der Waals surface area contributed by atoms with E-state index in [1.54, 1.807) is 22.8 Å². The lowest BCUT2D eigenvalue weighted by Gasteiger charge is -2.31. The number of alkyl halides is 2. The number of amides is 1. The van der Waals surface area contributed by atoms with Gasteiger partial charge in [-0.1, -0.05) is 0 Å². The van der Waals surface area contributed by atoms with E-state index >= 15 is 0 Å². The van der Waals surface area contributed by atoms with Crippen molar-refractivity contribution in [2.45, 2.75) is 18.8 Å². The SMILES string of the molecule is COc1nn2cc(-c3cc4c(OCC(=O)N5CCC(F)(F)CC5)cc5c(c4o3)OCCO5)nc2s1. The molecule has 1 aromatic carbocycles. The number of nitrogens with zero attached hydrogens (tertiary/aromatic N) is 4. The molecule has 3 aromatic heterocycles. The van der Waals surface area contributed by atoms with Crippen molar-refractivity contribution in [3.63, 3.8) is 0 Å². The first-order chi connectivity index (χ1) is 16.9. The highest BCUT2D eigenvalue weighted by Crippen LogP contribution is 2.46. The second kappa shape index (κ2) is 8.26. The highest BCUT2D eigenvalue weighted by atomic mass is 32.1. The molecule has 0 unspecified atom stereocenters. The average molecular weight is 506 g/mol. The minimum absolute atomic E-state index is 0.00211. The van der Waals surface area contributed by atoms with Crippen molar-refractivity contribution < 1.29 is 36.9 Å². The van der Waals surface area contributed by atoms with Crippen LogP contribution in [0, 0.1) is 0 Å². The van der Waals surface area contributed by atoms with Crippen molar-refractivity contribution in [3.05, 3.63) is 18.3 Å². The maximum Gasteiger partial charge on any atom is 0.294 e. The zero-order chi connectivity index (χ0) is 24.2. The van der Waals surface area contributed by atoms with Crippen molar-refractivity contribution in [1.29, 1.82) is 0 Å². The number of methoxy groups -OCH3 is 1. The molecule has 6 rings (SSSR count). The van der Waals surface area contributed by atoms with Crippen LogP contribution in [0.25, 0.3) is 27.4 Å². The Balaban J connectivity index is 1.30. The van der Waals surface area contributed by atoms with Gasteiger partial charge in [-0.15, -0.1) is 5.10 Å². The first-order valence-electron chi connectivity index (χ1n) is 11.0. The van der Waals surface area contributed by atoms with Crippen LogP contribution in [0.3, 0.4) is 0 Å². The lowest BCUT2D eigenvalue weighted by Crippen LogP contribution is -2.44. The quantitative estimate of drug-likeness (QED) is 0.405. The van der Waals surface area contributed by atoms with Crippen LogP contribution in [0.5, 0.6) is 22.4 Å². The Bertz CT molecular complexity index is 1390. The minimum Gasteiger partial charge on any atom is -0.486 e. The molecule has 1 amide bonds. The largest absolute Gasteiger partial charge is 0.486 e. The molecular formula is C22H20F2N4O6S. The normalized spacial score (nSPS) is 17.2. The van der Waals surface area contributed by atoms with E-state index in [4.69, 9.17) is 23.4 Å². The summed E-state index contributed by atoms with van der Waals surface area (Å²) in [4.78, 5) is 19.2. The van der Waals surface area contributed by atoms with Gasteiger partial charge in [0, 0.05) is 32.0 Å². The molecule has 0 N–H and O–H groups in total.